The second-order valence-electron chi connectivity index (χ2n) is 7.21. The van der Waals surface area contributed by atoms with Crippen molar-refractivity contribution in [1.82, 2.24) is 9.47 Å². The molecule has 1 aliphatic rings. The standard InChI is InChI=1S/C22H24N2O6/c1-13-10-17(14(2)23(13)3)19(25)12-30-22(28)15-6-7-16-18(11-15)21(27)24(20(16)26)8-5-9-29-4/h6-7,10-11H,5,8-9,12H2,1-4H3. The Morgan fingerprint density at radius 3 is 2.37 bits per heavy atom. The third-order valence-corrected chi connectivity index (χ3v) is 5.35. The topological polar surface area (TPSA) is 94.9 Å². The minimum Gasteiger partial charge on any atom is -0.454 e. The molecule has 0 atom stereocenters. The summed E-state index contributed by atoms with van der Waals surface area (Å²) in [5.74, 6) is -1.88. The minimum atomic E-state index is -0.727. The van der Waals surface area contributed by atoms with Gasteiger partial charge in [-0.2, -0.15) is 0 Å². The zero-order valence-corrected chi connectivity index (χ0v) is 17.5. The lowest BCUT2D eigenvalue weighted by Crippen LogP contribution is -2.31. The number of amides is 2. The van der Waals surface area contributed by atoms with Gasteiger partial charge >= 0.3 is 5.97 Å². The van der Waals surface area contributed by atoms with Crippen molar-refractivity contribution in [2.45, 2.75) is 20.3 Å². The van der Waals surface area contributed by atoms with Crippen LogP contribution in [0.4, 0.5) is 0 Å². The van der Waals surface area contributed by atoms with E-state index in [4.69, 9.17) is 9.47 Å². The summed E-state index contributed by atoms with van der Waals surface area (Å²) in [5, 5.41) is 0. The van der Waals surface area contributed by atoms with Crippen molar-refractivity contribution in [3.63, 3.8) is 0 Å². The van der Waals surface area contributed by atoms with Crippen LogP contribution in [0.1, 0.15) is 59.2 Å². The van der Waals surface area contributed by atoms with Gasteiger partial charge in [0.2, 0.25) is 5.78 Å². The van der Waals surface area contributed by atoms with Crippen LogP contribution in [0.2, 0.25) is 0 Å². The summed E-state index contributed by atoms with van der Waals surface area (Å²) < 4.78 is 12.0. The average Bonchev–Trinajstić information content (AvgIpc) is 3.14. The van der Waals surface area contributed by atoms with Crippen LogP contribution in [-0.4, -0.2) is 59.9 Å². The molecule has 1 aliphatic heterocycles. The van der Waals surface area contributed by atoms with Crippen molar-refractivity contribution in [3.8, 4) is 0 Å². The third kappa shape index (κ3) is 3.91. The van der Waals surface area contributed by atoms with Crippen molar-refractivity contribution < 1.29 is 28.7 Å². The molecular formula is C22H24N2O6. The summed E-state index contributed by atoms with van der Waals surface area (Å²) in [6.45, 7) is 3.97. The molecule has 8 nitrogen and oxygen atoms in total. The SMILES string of the molecule is COCCCN1C(=O)c2ccc(C(=O)OCC(=O)c3cc(C)n(C)c3C)cc2C1=O. The molecule has 8 heteroatoms. The molecule has 0 aliphatic carbocycles. The first-order valence-electron chi connectivity index (χ1n) is 9.58. The number of Topliss-reactive ketones (excluding diaryl/α,β-unsaturated/α-hetero) is 1. The van der Waals surface area contributed by atoms with E-state index in [1.54, 1.807) is 13.2 Å². The maximum atomic E-state index is 12.6. The maximum Gasteiger partial charge on any atom is 0.338 e. The number of rotatable bonds is 8. The molecule has 0 saturated carbocycles. The first kappa shape index (κ1) is 21.4. The number of esters is 1. The number of benzene rings is 1. The van der Waals surface area contributed by atoms with Crippen LogP contribution in [-0.2, 0) is 16.5 Å². The summed E-state index contributed by atoms with van der Waals surface area (Å²) in [7, 11) is 3.40. The predicted molar refractivity (Wildman–Crippen MR) is 108 cm³/mol. The van der Waals surface area contributed by atoms with E-state index in [0.29, 0.717) is 18.6 Å². The van der Waals surface area contributed by atoms with Gasteiger partial charge in [0.15, 0.2) is 6.61 Å². The molecule has 158 valence electrons. The number of hydrogen-bond acceptors (Lipinski definition) is 6. The summed E-state index contributed by atoms with van der Waals surface area (Å²) >= 11 is 0. The van der Waals surface area contributed by atoms with Crippen LogP contribution < -0.4 is 0 Å². The van der Waals surface area contributed by atoms with Gasteiger partial charge < -0.3 is 14.0 Å². The Kier molecular flexibility index (Phi) is 6.17. The molecule has 0 saturated heterocycles. The van der Waals surface area contributed by atoms with E-state index in [0.717, 1.165) is 16.3 Å². The Balaban J connectivity index is 1.69. The largest absolute Gasteiger partial charge is 0.454 e. The molecule has 0 bridgehead atoms. The lowest BCUT2D eigenvalue weighted by Gasteiger charge is -2.12. The lowest BCUT2D eigenvalue weighted by atomic mass is 10.1. The van der Waals surface area contributed by atoms with E-state index in [1.807, 2.05) is 25.5 Å². The highest BCUT2D eigenvalue weighted by Gasteiger charge is 2.35. The minimum absolute atomic E-state index is 0.113. The third-order valence-electron chi connectivity index (χ3n) is 5.35. The van der Waals surface area contributed by atoms with Gasteiger partial charge in [0, 0.05) is 44.3 Å². The molecule has 0 unspecified atom stereocenters. The summed E-state index contributed by atoms with van der Waals surface area (Å²) in [6, 6.07) is 5.96. The first-order valence-corrected chi connectivity index (χ1v) is 9.58. The fourth-order valence-corrected chi connectivity index (χ4v) is 3.42. The van der Waals surface area contributed by atoms with Gasteiger partial charge in [-0.15, -0.1) is 0 Å². The molecule has 0 radical (unpaired) electrons. The lowest BCUT2D eigenvalue weighted by molar-refractivity contribution is 0.0474. The second-order valence-corrected chi connectivity index (χ2v) is 7.21. The Bertz CT molecular complexity index is 1040. The molecule has 2 amide bonds. The molecule has 0 spiro atoms. The summed E-state index contributed by atoms with van der Waals surface area (Å²) in [5.41, 5.74) is 2.75. The Hall–Kier alpha value is -3.26. The van der Waals surface area contributed by atoms with Crippen LogP contribution in [0.5, 0.6) is 0 Å². The molecule has 2 heterocycles. The van der Waals surface area contributed by atoms with Crippen LogP contribution in [0.3, 0.4) is 0 Å². The molecule has 1 aromatic carbocycles. The van der Waals surface area contributed by atoms with Gasteiger partial charge in [0.05, 0.1) is 16.7 Å². The molecule has 1 aromatic heterocycles. The molecule has 3 rings (SSSR count). The smallest absolute Gasteiger partial charge is 0.338 e. The molecule has 0 N–H and O–H groups in total. The predicted octanol–water partition coefficient (Wildman–Crippen LogP) is 2.31. The van der Waals surface area contributed by atoms with Crippen LogP contribution >= 0.6 is 0 Å². The fourth-order valence-electron chi connectivity index (χ4n) is 3.42. The number of fused-ring (bicyclic) bond motifs is 1. The number of ketones is 1. The zero-order chi connectivity index (χ0) is 22.0. The van der Waals surface area contributed by atoms with Crippen molar-refractivity contribution in [2.75, 3.05) is 26.9 Å². The number of aromatic nitrogens is 1. The quantitative estimate of drug-likeness (QED) is 0.286. The average molecular weight is 412 g/mol. The summed E-state index contributed by atoms with van der Waals surface area (Å²) in [6.07, 6.45) is 0.525. The number of carbonyl (C=O) groups excluding carboxylic acids is 4. The van der Waals surface area contributed by atoms with Crippen molar-refractivity contribution in [1.29, 1.82) is 0 Å². The van der Waals surface area contributed by atoms with Gasteiger partial charge in [-0.3, -0.25) is 19.3 Å². The highest BCUT2D eigenvalue weighted by molar-refractivity contribution is 6.22. The molecule has 30 heavy (non-hydrogen) atoms. The molecule has 2 aromatic rings. The number of methoxy groups -OCH3 is 1. The zero-order valence-electron chi connectivity index (χ0n) is 17.5. The Morgan fingerprint density at radius 1 is 1.03 bits per heavy atom. The Morgan fingerprint density at radius 2 is 1.73 bits per heavy atom. The maximum absolute atomic E-state index is 12.6. The van der Waals surface area contributed by atoms with Gasteiger partial charge in [0.25, 0.3) is 11.8 Å². The monoisotopic (exact) mass is 412 g/mol. The van der Waals surface area contributed by atoms with Crippen LogP contribution in [0.25, 0.3) is 0 Å². The van der Waals surface area contributed by atoms with Gasteiger partial charge in [0.1, 0.15) is 0 Å². The molecular weight excluding hydrogens is 388 g/mol. The van der Waals surface area contributed by atoms with Crippen molar-refractivity contribution >= 4 is 23.6 Å². The second kappa shape index (κ2) is 8.62. The Labute approximate surface area is 174 Å². The number of hydrogen-bond donors (Lipinski definition) is 0. The van der Waals surface area contributed by atoms with Crippen LogP contribution in [0.15, 0.2) is 24.3 Å². The van der Waals surface area contributed by atoms with Gasteiger partial charge in [-0.05, 0) is 44.5 Å². The van der Waals surface area contributed by atoms with Gasteiger partial charge in [-0.1, -0.05) is 0 Å². The van der Waals surface area contributed by atoms with E-state index in [1.165, 1.54) is 18.2 Å². The van der Waals surface area contributed by atoms with E-state index >= 15 is 0 Å². The summed E-state index contributed by atoms with van der Waals surface area (Å²) in [4.78, 5) is 50.9. The fraction of sp³-hybridized carbons (Fsp3) is 0.364. The van der Waals surface area contributed by atoms with Gasteiger partial charge in [-0.25, -0.2) is 4.79 Å². The van der Waals surface area contributed by atoms with Crippen molar-refractivity contribution in [2.24, 2.45) is 7.05 Å². The first-order chi connectivity index (χ1) is 14.3. The molecule has 0 fully saturated rings. The number of imide groups is 1. The van der Waals surface area contributed by atoms with Crippen LogP contribution in [0, 0.1) is 13.8 Å². The van der Waals surface area contributed by atoms with E-state index < -0.39 is 24.4 Å². The van der Waals surface area contributed by atoms with E-state index in [-0.39, 0.29) is 29.0 Å². The van der Waals surface area contributed by atoms with Crippen molar-refractivity contribution in [3.05, 3.63) is 57.9 Å². The van der Waals surface area contributed by atoms with E-state index in [9.17, 15) is 19.2 Å². The highest BCUT2D eigenvalue weighted by Crippen LogP contribution is 2.24. The number of nitrogens with zero attached hydrogens (tertiary/aromatic N) is 2. The highest BCUT2D eigenvalue weighted by atomic mass is 16.5. The number of carbonyl (C=O) groups is 4. The number of ether oxygens (including phenoxy) is 2. The normalized spacial score (nSPS) is 13.0. The van der Waals surface area contributed by atoms with E-state index in [2.05, 4.69) is 0 Å². The number of aryl methyl sites for hydroxylation is 1.